The van der Waals surface area contributed by atoms with Gasteiger partial charge in [0.2, 0.25) is 5.95 Å². The number of hydrogen-bond donors (Lipinski definition) is 1. The summed E-state index contributed by atoms with van der Waals surface area (Å²) in [5, 5.41) is 7.29. The Morgan fingerprint density at radius 1 is 1.07 bits per heavy atom. The molecule has 0 atom stereocenters. The zero-order valence-electron chi connectivity index (χ0n) is 15.2. The topological polar surface area (TPSA) is 64.4 Å². The van der Waals surface area contributed by atoms with Gasteiger partial charge in [-0.25, -0.2) is 13.5 Å². The van der Waals surface area contributed by atoms with Gasteiger partial charge in [-0.15, -0.1) is 5.10 Å². The van der Waals surface area contributed by atoms with Crippen LogP contribution in [0.15, 0.2) is 42.7 Å². The second kappa shape index (κ2) is 7.81. The summed E-state index contributed by atoms with van der Waals surface area (Å²) in [4.78, 5) is 6.35. The Kier molecular flexibility index (Phi) is 5.07. The third-order valence-electron chi connectivity index (χ3n) is 4.39. The summed E-state index contributed by atoms with van der Waals surface area (Å²) in [5.74, 6) is -0.337. The smallest absolute Gasteiger partial charge is 0.246 e. The summed E-state index contributed by atoms with van der Waals surface area (Å²) >= 11 is 0. The lowest BCUT2D eigenvalue weighted by molar-refractivity contribution is 0.122. The van der Waals surface area contributed by atoms with Crippen molar-refractivity contribution >= 4 is 17.3 Å². The average Bonchev–Trinajstić information content (AvgIpc) is 3.16. The number of methoxy groups -OCH3 is 1. The molecule has 1 aliphatic rings. The van der Waals surface area contributed by atoms with Gasteiger partial charge in [0.25, 0.3) is 0 Å². The fraction of sp³-hybridized carbons (Fsp3) is 0.263. The molecular formula is C19H19F2N5O2. The van der Waals surface area contributed by atoms with Gasteiger partial charge in [0, 0.05) is 30.9 Å². The quantitative estimate of drug-likeness (QED) is 0.726. The molecule has 1 N–H and O–H groups in total. The largest absolute Gasteiger partial charge is 0.495 e. The number of ether oxygens (including phenoxy) is 2. The molecule has 0 bridgehead atoms. The summed E-state index contributed by atoms with van der Waals surface area (Å²) in [6.07, 6.45) is 1.38. The normalized spacial score (nSPS) is 14.2. The van der Waals surface area contributed by atoms with Crippen molar-refractivity contribution in [2.75, 3.05) is 43.6 Å². The number of nitrogens with zero attached hydrogens (tertiary/aromatic N) is 4. The van der Waals surface area contributed by atoms with Crippen molar-refractivity contribution in [3.8, 4) is 11.4 Å². The van der Waals surface area contributed by atoms with Crippen LogP contribution in [0.5, 0.6) is 5.75 Å². The minimum absolute atomic E-state index is 0.248. The second-order valence-electron chi connectivity index (χ2n) is 6.25. The van der Waals surface area contributed by atoms with E-state index in [1.807, 2.05) is 18.2 Å². The maximum atomic E-state index is 13.4. The van der Waals surface area contributed by atoms with Gasteiger partial charge in [-0.2, -0.15) is 4.98 Å². The lowest BCUT2D eigenvalue weighted by Crippen LogP contribution is -2.36. The first-order chi connectivity index (χ1) is 13.6. The number of halogens is 2. The fourth-order valence-electron chi connectivity index (χ4n) is 3.07. The summed E-state index contributed by atoms with van der Waals surface area (Å²) in [5.41, 5.74) is 1.97. The van der Waals surface area contributed by atoms with Crippen LogP contribution in [-0.2, 0) is 4.74 Å². The maximum Gasteiger partial charge on any atom is 0.246 e. The van der Waals surface area contributed by atoms with E-state index in [-0.39, 0.29) is 5.69 Å². The van der Waals surface area contributed by atoms with Gasteiger partial charge in [-0.05, 0) is 24.3 Å². The minimum Gasteiger partial charge on any atom is -0.495 e. The van der Waals surface area contributed by atoms with Crippen molar-refractivity contribution in [1.29, 1.82) is 0 Å². The lowest BCUT2D eigenvalue weighted by atomic mass is 10.2. The van der Waals surface area contributed by atoms with Crippen LogP contribution < -0.4 is 15.0 Å². The number of benzene rings is 2. The Hall–Kier alpha value is -3.20. The molecule has 28 heavy (non-hydrogen) atoms. The molecule has 0 amide bonds. The zero-order valence-corrected chi connectivity index (χ0v) is 15.2. The van der Waals surface area contributed by atoms with Crippen LogP contribution in [0.25, 0.3) is 5.69 Å². The predicted molar refractivity (Wildman–Crippen MR) is 101 cm³/mol. The molecule has 146 valence electrons. The zero-order chi connectivity index (χ0) is 19.5. The van der Waals surface area contributed by atoms with Crippen LogP contribution in [0.3, 0.4) is 0 Å². The van der Waals surface area contributed by atoms with Crippen LogP contribution in [0.2, 0.25) is 0 Å². The molecule has 0 spiro atoms. The van der Waals surface area contributed by atoms with Gasteiger partial charge in [-0.1, -0.05) is 0 Å². The molecule has 1 fully saturated rings. The Bertz CT molecular complexity index is 952. The van der Waals surface area contributed by atoms with Crippen LogP contribution >= 0.6 is 0 Å². The minimum atomic E-state index is -0.677. The second-order valence-corrected chi connectivity index (χ2v) is 6.25. The molecule has 2 aromatic carbocycles. The molecule has 4 rings (SSSR count). The third-order valence-corrected chi connectivity index (χ3v) is 4.39. The Morgan fingerprint density at radius 2 is 1.82 bits per heavy atom. The highest BCUT2D eigenvalue weighted by Crippen LogP contribution is 2.32. The molecule has 0 unspecified atom stereocenters. The van der Waals surface area contributed by atoms with Crippen LogP contribution in [0, 0.1) is 11.6 Å². The summed E-state index contributed by atoms with van der Waals surface area (Å²) < 4.78 is 39.0. The lowest BCUT2D eigenvalue weighted by Gasteiger charge is -2.30. The number of rotatable bonds is 5. The van der Waals surface area contributed by atoms with Crippen LogP contribution in [0.1, 0.15) is 0 Å². The molecule has 7 nitrogen and oxygen atoms in total. The number of hydrogen-bond acceptors (Lipinski definition) is 6. The first-order valence-corrected chi connectivity index (χ1v) is 8.78. The van der Waals surface area contributed by atoms with E-state index >= 15 is 0 Å². The highest BCUT2D eigenvalue weighted by atomic mass is 19.1. The fourth-order valence-corrected chi connectivity index (χ4v) is 3.07. The van der Waals surface area contributed by atoms with Gasteiger partial charge in [0.1, 0.15) is 23.7 Å². The molecule has 1 saturated heterocycles. The highest BCUT2D eigenvalue weighted by Gasteiger charge is 2.16. The first kappa shape index (κ1) is 18.2. The Labute approximate surface area is 160 Å². The average molecular weight is 387 g/mol. The molecular weight excluding hydrogens is 368 g/mol. The SMILES string of the molecule is COc1cc(Nc2ncn(-c3cc(F)cc(F)c3)n2)ccc1N1CCOCC1. The Morgan fingerprint density at radius 3 is 2.54 bits per heavy atom. The molecule has 0 radical (unpaired) electrons. The van der Waals surface area contributed by atoms with Gasteiger partial charge < -0.3 is 19.7 Å². The summed E-state index contributed by atoms with van der Waals surface area (Å²) in [6, 6.07) is 8.89. The van der Waals surface area contributed by atoms with E-state index in [1.54, 1.807) is 7.11 Å². The molecule has 2 heterocycles. The van der Waals surface area contributed by atoms with Crippen LogP contribution in [-0.4, -0.2) is 48.2 Å². The molecule has 0 saturated carbocycles. The third kappa shape index (κ3) is 3.89. The van der Waals surface area contributed by atoms with Crippen molar-refractivity contribution in [2.45, 2.75) is 0 Å². The van der Waals surface area contributed by atoms with E-state index in [1.165, 1.54) is 23.1 Å². The molecule has 3 aromatic rings. The van der Waals surface area contributed by atoms with E-state index in [2.05, 4.69) is 20.3 Å². The van der Waals surface area contributed by atoms with Gasteiger partial charge in [-0.3, -0.25) is 0 Å². The number of nitrogens with one attached hydrogen (secondary N) is 1. The van der Waals surface area contributed by atoms with Crippen molar-refractivity contribution in [3.05, 3.63) is 54.4 Å². The van der Waals surface area contributed by atoms with E-state index in [0.717, 1.165) is 36.3 Å². The Balaban J connectivity index is 1.53. The molecule has 9 heteroatoms. The van der Waals surface area contributed by atoms with E-state index in [0.29, 0.717) is 19.2 Å². The van der Waals surface area contributed by atoms with E-state index in [4.69, 9.17) is 9.47 Å². The monoisotopic (exact) mass is 387 g/mol. The first-order valence-electron chi connectivity index (χ1n) is 8.78. The van der Waals surface area contributed by atoms with Crippen LogP contribution in [0.4, 0.5) is 26.1 Å². The van der Waals surface area contributed by atoms with Crippen molar-refractivity contribution in [3.63, 3.8) is 0 Å². The summed E-state index contributed by atoms with van der Waals surface area (Å²) in [7, 11) is 1.62. The van der Waals surface area contributed by atoms with Gasteiger partial charge in [0.05, 0.1) is 31.7 Å². The van der Waals surface area contributed by atoms with E-state index < -0.39 is 11.6 Å². The number of anilines is 3. The number of morpholine rings is 1. The summed E-state index contributed by atoms with van der Waals surface area (Å²) in [6.45, 7) is 2.98. The van der Waals surface area contributed by atoms with Gasteiger partial charge in [0.15, 0.2) is 0 Å². The predicted octanol–water partition coefficient (Wildman–Crippen LogP) is 3.13. The molecule has 0 aliphatic carbocycles. The molecule has 1 aliphatic heterocycles. The molecule has 1 aromatic heterocycles. The van der Waals surface area contributed by atoms with Crippen molar-refractivity contribution < 1.29 is 18.3 Å². The standard InChI is InChI=1S/C19H19F2N5O2/c1-27-18-11-15(2-3-17(18)25-4-6-28-7-5-25)23-19-22-12-26(24-19)16-9-13(20)8-14(21)10-16/h2-3,8-12H,4-7H2,1H3,(H,23,24). The maximum absolute atomic E-state index is 13.4. The van der Waals surface area contributed by atoms with Crippen molar-refractivity contribution in [2.24, 2.45) is 0 Å². The highest BCUT2D eigenvalue weighted by molar-refractivity contribution is 5.67. The van der Waals surface area contributed by atoms with Crippen molar-refractivity contribution in [1.82, 2.24) is 14.8 Å². The van der Waals surface area contributed by atoms with E-state index in [9.17, 15) is 8.78 Å². The number of aromatic nitrogens is 3. The van der Waals surface area contributed by atoms with Gasteiger partial charge >= 0.3 is 0 Å².